The number of H-pyrrole nitrogens is 1. The van der Waals surface area contributed by atoms with Crippen LogP contribution in [0, 0.1) is 13.8 Å². The molecule has 1 aromatic heterocycles. The lowest BCUT2D eigenvalue weighted by Gasteiger charge is -2.37. The quantitative estimate of drug-likeness (QED) is 0.295. The van der Waals surface area contributed by atoms with E-state index in [0.29, 0.717) is 30.4 Å². The molecule has 2 saturated heterocycles. The third-order valence-electron chi connectivity index (χ3n) is 9.71. The van der Waals surface area contributed by atoms with E-state index in [9.17, 15) is 14.7 Å². The van der Waals surface area contributed by atoms with Crippen LogP contribution < -0.4 is 15.8 Å². The maximum Gasteiger partial charge on any atom is 0.253 e. The fraction of sp³-hybridized carbons (Fsp3) is 0.500. The van der Waals surface area contributed by atoms with Crippen molar-refractivity contribution in [3.63, 3.8) is 0 Å². The number of pyridine rings is 1. The third kappa shape index (κ3) is 6.63. The molecule has 2 aliphatic heterocycles. The number of benzene rings is 2. The number of aromatic nitrogens is 1. The lowest BCUT2D eigenvalue weighted by atomic mass is 9.74. The van der Waals surface area contributed by atoms with Crippen molar-refractivity contribution in [1.82, 2.24) is 10.3 Å². The van der Waals surface area contributed by atoms with Crippen LogP contribution in [0.4, 0.5) is 5.69 Å². The van der Waals surface area contributed by atoms with E-state index in [2.05, 4.69) is 52.5 Å². The Morgan fingerprint density at radius 2 is 1.68 bits per heavy atom. The number of carbonyl (C=O) groups excluding carboxylic acids is 1. The Labute approximate surface area is 260 Å². The third-order valence-corrected chi connectivity index (χ3v) is 9.71. The number of aromatic amines is 1. The first-order valence-electron chi connectivity index (χ1n) is 16.1. The smallest absolute Gasteiger partial charge is 0.253 e. The number of amides is 1. The predicted molar refractivity (Wildman–Crippen MR) is 175 cm³/mol. The topological polar surface area (TPSA) is 104 Å². The number of aliphatic hydroxyl groups excluding tert-OH is 1. The van der Waals surface area contributed by atoms with E-state index >= 15 is 0 Å². The van der Waals surface area contributed by atoms with E-state index in [4.69, 9.17) is 9.47 Å². The van der Waals surface area contributed by atoms with Gasteiger partial charge in [-0.2, -0.15) is 0 Å². The number of ether oxygens (including phenoxy) is 2. The molecule has 0 unspecified atom stereocenters. The molecule has 0 atom stereocenters. The van der Waals surface area contributed by atoms with Gasteiger partial charge in [0.15, 0.2) is 0 Å². The fourth-order valence-electron chi connectivity index (χ4n) is 6.80. The maximum atomic E-state index is 13.8. The number of nitrogens with zero attached hydrogens (tertiary/aromatic N) is 1. The van der Waals surface area contributed by atoms with E-state index < -0.39 is 0 Å². The first-order chi connectivity index (χ1) is 21.3. The molecule has 3 heterocycles. The summed E-state index contributed by atoms with van der Waals surface area (Å²) in [5.41, 5.74) is 7.54. The normalized spacial score (nSPS) is 16.9. The lowest BCUT2D eigenvalue weighted by Crippen LogP contribution is -2.40. The highest BCUT2D eigenvalue weighted by Crippen LogP contribution is 2.37. The second-order valence-electron chi connectivity index (χ2n) is 12.2. The highest BCUT2D eigenvalue weighted by molar-refractivity contribution is 5.99. The summed E-state index contributed by atoms with van der Waals surface area (Å²) in [6.45, 7) is 11.9. The number of aryl methyl sites for hydroxylation is 2. The molecule has 0 radical (unpaired) electrons. The van der Waals surface area contributed by atoms with Gasteiger partial charge >= 0.3 is 0 Å². The van der Waals surface area contributed by atoms with Crippen LogP contribution >= 0.6 is 0 Å². The molecule has 0 bridgehead atoms. The van der Waals surface area contributed by atoms with Crippen molar-refractivity contribution in [2.24, 2.45) is 0 Å². The highest BCUT2D eigenvalue weighted by atomic mass is 16.5. The molecule has 2 fully saturated rings. The average Bonchev–Trinajstić information content (AvgIpc) is 3.06. The van der Waals surface area contributed by atoms with Crippen molar-refractivity contribution < 1.29 is 19.4 Å². The number of anilines is 1. The van der Waals surface area contributed by atoms with Crippen molar-refractivity contribution in [3.05, 3.63) is 86.3 Å². The van der Waals surface area contributed by atoms with E-state index in [1.165, 1.54) is 0 Å². The number of rotatable bonds is 10. The summed E-state index contributed by atoms with van der Waals surface area (Å²) in [5.74, 6) is -0.204. The van der Waals surface area contributed by atoms with Crippen molar-refractivity contribution >= 4 is 11.6 Å². The van der Waals surface area contributed by atoms with Gasteiger partial charge < -0.3 is 29.8 Å². The minimum atomic E-state index is -0.284. The van der Waals surface area contributed by atoms with Gasteiger partial charge in [-0.05, 0) is 98.9 Å². The van der Waals surface area contributed by atoms with Gasteiger partial charge in [-0.15, -0.1) is 0 Å². The van der Waals surface area contributed by atoms with Crippen molar-refractivity contribution in [2.45, 2.75) is 77.8 Å². The van der Waals surface area contributed by atoms with Gasteiger partial charge in [-0.1, -0.05) is 31.2 Å². The first-order valence-corrected chi connectivity index (χ1v) is 16.1. The number of hydrogen-bond acceptors (Lipinski definition) is 6. The Hall–Kier alpha value is -3.46. The molecule has 5 rings (SSSR count). The number of aliphatic hydroxyl groups is 1. The van der Waals surface area contributed by atoms with Gasteiger partial charge in [0.2, 0.25) is 0 Å². The van der Waals surface area contributed by atoms with Crippen LogP contribution in [-0.2, 0) is 27.9 Å². The number of carbonyl (C=O) groups is 1. The summed E-state index contributed by atoms with van der Waals surface area (Å²) >= 11 is 0. The van der Waals surface area contributed by atoms with Crippen molar-refractivity contribution in [1.29, 1.82) is 0 Å². The summed E-state index contributed by atoms with van der Waals surface area (Å²) in [4.78, 5) is 32.0. The minimum Gasteiger partial charge on any atom is -0.395 e. The zero-order chi connectivity index (χ0) is 31.3. The second kappa shape index (κ2) is 14.1. The molecular formula is C36H47N3O5. The molecule has 0 aliphatic carbocycles. The first kappa shape index (κ1) is 31.9. The molecule has 8 nitrogen and oxygen atoms in total. The molecule has 3 aromatic rings. The molecule has 1 amide bonds. The van der Waals surface area contributed by atoms with Gasteiger partial charge in [0.1, 0.15) is 0 Å². The second-order valence-corrected chi connectivity index (χ2v) is 12.2. The molecule has 2 aromatic carbocycles. The number of nitrogens with one attached hydrogen (secondary N) is 2. The Morgan fingerprint density at radius 3 is 2.30 bits per heavy atom. The van der Waals surface area contributed by atoms with Crippen LogP contribution in [0.3, 0.4) is 0 Å². The minimum absolute atomic E-state index is 0.0920. The molecule has 44 heavy (non-hydrogen) atoms. The van der Waals surface area contributed by atoms with E-state index in [1.807, 2.05) is 32.9 Å². The monoisotopic (exact) mass is 601 g/mol. The maximum absolute atomic E-state index is 13.8. The standard InChI is InChI=1S/C36H47N3O5/c1-5-29-19-24(3)32(35(42)38-29)22-37-34(41)31-20-27(21-33(25(31)4)39(6-2)30-11-15-43-16-12-30)26-7-9-28(10-8-26)36(23-40)13-17-44-18-14-36/h7-10,19-21,30,40H,5-6,11-18,22-23H2,1-4H3,(H,37,41)(H,38,42). The molecular weight excluding hydrogens is 554 g/mol. The number of hydrogen-bond donors (Lipinski definition) is 3. The summed E-state index contributed by atoms with van der Waals surface area (Å²) in [6, 6.07) is 14.9. The van der Waals surface area contributed by atoms with Gasteiger partial charge in [0.05, 0.1) is 6.61 Å². The zero-order valence-electron chi connectivity index (χ0n) is 26.6. The Morgan fingerprint density at radius 1 is 1.00 bits per heavy atom. The average molecular weight is 602 g/mol. The van der Waals surface area contributed by atoms with Crippen molar-refractivity contribution in [2.75, 3.05) is 44.5 Å². The Balaban J connectivity index is 1.51. The lowest BCUT2D eigenvalue weighted by molar-refractivity contribution is 0.0253. The Bertz CT molecular complexity index is 1500. The van der Waals surface area contributed by atoms with Crippen LogP contribution in [0.2, 0.25) is 0 Å². The largest absolute Gasteiger partial charge is 0.395 e. The van der Waals surface area contributed by atoms with E-state index in [0.717, 1.165) is 91.1 Å². The van der Waals surface area contributed by atoms with Crippen LogP contribution in [-0.4, -0.2) is 61.6 Å². The highest BCUT2D eigenvalue weighted by Gasteiger charge is 2.34. The molecule has 2 aliphatic rings. The summed E-state index contributed by atoms with van der Waals surface area (Å²) in [6.07, 6.45) is 4.21. The molecule has 0 saturated carbocycles. The van der Waals surface area contributed by atoms with Gasteiger partial charge in [-0.25, -0.2) is 0 Å². The summed E-state index contributed by atoms with van der Waals surface area (Å²) in [7, 11) is 0. The van der Waals surface area contributed by atoms with Gasteiger partial charge in [0.25, 0.3) is 11.5 Å². The molecule has 3 N–H and O–H groups in total. The molecule has 0 spiro atoms. The SMILES string of the molecule is CCc1cc(C)c(CNC(=O)c2cc(-c3ccc(C4(CO)CCOCC4)cc3)cc(N(CC)C3CCOCC3)c2C)c(=O)[nH]1. The van der Waals surface area contributed by atoms with E-state index in [-0.39, 0.29) is 30.0 Å². The predicted octanol–water partition coefficient (Wildman–Crippen LogP) is 5.20. The van der Waals surface area contributed by atoms with Crippen LogP contribution in [0.15, 0.2) is 47.3 Å². The zero-order valence-corrected chi connectivity index (χ0v) is 26.6. The summed E-state index contributed by atoms with van der Waals surface area (Å²) in [5, 5.41) is 13.4. The van der Waals surface area contributed by atoms with Crippen molar-refractivity contribution in [3.8, 4) is 11.1 Å². The molecule has 236 valence electrons. The van der Waals surface area contributed by atoms with Gasteiger partial charge in [0, 0.05) is 73.5 Å². The Kier molecular flexibility index (Phi) is 10.2. The van der Waals surface area contributed by atoms with Crippen LogP contribution in [0.25, 0.3) is 11.1 Å². The molecule has 8 heteroatoms. The van der Waals surface area contributed by atoms with E-state index in [1.54, 1.807) is 0 Å². The van der Waals surface area contributed by atoms with Crippen LogP contribution in [0.1, 0.15) is 77.8 Å². The van der Waals surface area contributed by atoms with Gasteiger partial charge in [-0.3, -0.25) is 9.59 Å². The fourth-order valence-corrected chi connectivity index (χ4v) is 6.80. The van der Waals surface area contributed by atoms with Crippen LogP contribution in [0.5, 0.6) is 0 Å². The summed E-state index contributed by atoms with van der Waals surface area (Å²) < 4.78 is 11.2.